The Labute approximate surface area is 238 Å². The molecule has 1 amide bonds. The fourth-order valence-electron chi connectivity index (χ4n) is 5.76. The van der Waals surface area contributed by atoms with E-state index in [4.69, 9.17) is 14.5 Å². The summed E-state index contributed by atoms with van der Waals surface area (Å²) < 4.78 is 13.4. The molecule has 2 aromatic rings. The van der Waals surface area contributed by atoms with Crippen LogP contribution in [0.5, 0.6) is 0 Å². The molecule has 2 aliphatic rings. The number of rotatable bonds is 14. The fourth-order valence-corrected chi connectivity index (χ4v) is 5.76. The SMILES string of the molecule is CC(C)C(=O)CCOCCOCCNC1CCN(C(=O)CCn2c3c(c4cccnc42)C(C)N(C)N(C)C3)CC1. The molecule has 222 valence electrons. The van der Waals surface area contributed by atoms with E-state index in [9.17, 15) is 9.59 Å². The number of piperidine rings is 1. The Morgan fingerprint density at radius 3 is 2.52 bits per heavy atom. The maximum absolute atomic E-state index is 13.2. The minimum absolute atomic E-state index is 0.0680. The third-order valence-electron chi connectivity index (χ3n) is 8.45. The van der Waals surface area contributed by atoms with Crippen LogP contribution in [0, 0.1) is 5.92 Å². The second kappa shape index (κ2) is 14.5. The summed E-state index contributed by atoms with van der Waals surface area (Å²) in [5, 5.41) is 9.26. The van der Waals surface area contributed by atoms with Gasteiger partial charge in [0, 0.05) is 94.0 Å². The number of hydrogen-bond acceptors (Lipinski definition) is 8. The molecular weight excluding hydrogens is 508 g/mol. The third-order valence-corrected chi connectivity index (χ3v) is 8.45. The summed E-state index contributed by atoms with van der Waals surface area (Å²) in [4.78, 5) is 31.5. The Morgan fingerprint density at radius 2 is 1.80 bits per heavy atom. The van der Waals surface area contributed by atoms with Crippen molar-refractivity contribution in [2.75, 3.05) is 60.2 Å². The monoisotopic (exact) mass is 556 g/mol. The van der Waals surface area contributed by atoms with Gasteiger partial charge in [-0.1, -0.05) is 13.8 Å². The first-order chi connectivity index (χ1) is 19.3. The lowest BCUT2D eigenvalue weighted by Gasteiger charge is -2.39. The standard InChI is InChI=1S/C30H48N6O4/c1-22(2)27(37)11-17-39-19-20-40-18-13-31-24-8-14-35(15-9-24)28(38)10-16-36-26-21-33(4)34(5)23(3)29(26)25-7-6-12-32-30(25)36/h6-7,12,22-24,31H,8-11,13-21H2,1-5H3. The van der Waals surface area contributed by atoms with Gasteiger partial charge in [0.2, 0.25) is 5.91 Å². The Morgan fingerprint density at radius 1 is 1.07 bits per heavy atom. The molecule has 4 rings (SSSR count). The largest absolute Gasteiger partial charge is 0.379 e. The van der Waals surface area contributed by atoms with Crippen molar-refractivity contribution in [3.63, 3.8) is 0 Å². The lowest BCUT2D eigenvalue weighted by atomic mass is 10.0. The van der Waals surface area contributed by atoms with E-state index < -0.39 is 0 Å². The van der Waals surface area contributed by atoms with Crippen LogP contribution >= 0.6 is 0 Å². The predicted octanol–water partition coefficient (Wildman–Crippen LogP) is 3.01. The molecule has 1 fully saturated rings. The van der Waals surface area contributed by atoms with Crippen LogP contribution in [0.2, 0.25) is 0 Å². The molecule has 10 nitrogen and oxygen atoms in total. The average Bonchev–Trinajstić information content (AvgIpc) is 3.26. The zero-order valence-electron chi connectivity index (χ0n) is 25.0. The van der Waals surface area contributed by atoms with Crippen LogP contribution in [0.15, 0.2) is 18.3 Å². The van der Waals surface area contributed by atoms with Gasteiger partial charge in [-0.15, -0.1) is 0 Å². The lowest BCUT2D eigenvalue weighted by molar-refractivity contribution is -0.132. The molecule has 1 unspecified atom stereocenters. The molecule has 1 saturated heterocycles. The van der Waals surface area contributed by atoms with Gasteiger partial charge in [-0.3, -0.25) is 9.59 Å². The van der Waals surface area contributed by atoms with Gasteiger partial charge in [-0.25, -0.2) is 15.0 Å². The van der Waals surface area contributed by atoms with E-state index >= 15 is 0 Å². The molecule has 10 heteroatoms. The van der Waals surface area contributed by atoms with Crippen molar-refractivity contribution in [2.45, 2.75) is 71.6 Å². The maximum atomic E-state index is 13.2. The van der Waals surface area contributed by atoms with Gasteiger partial charge >= 0.3 is 0 Å². The molecule has 1 N–H and O–H groups in total. The molecule has 2 aliphatic heterocycles. The normalized spacial score (nSPS) is 19.1. The number of amides is 1. The molecule has 4 heterocycles. The Hall–Kier alpha value is -2.37. The molecule has 40 heavy (non-hydrogen) atoms. The summed E-state index contributed by atoms with van der Waals surface area (Å²) in [7, 11) is 4.23. The number of Topliss-reactive ketones (excluding diaryl/α,β-unsaturated/α-hetero) is 1. The van der Waals surface area contributed by atoms with Crippen molar-refractivity contribution in [2.24, 2.45) is 5.92 Å². The second-order valence-corrected chi connectivity index (χ2v) is 11.4. The van der Waals surface area contributed by atoms with Crippen LogP contribution in [0.4, 0.5) is 0 Å². The van der Waals surface area contributed by atoms with Crippen LogP contribution in [0.1, 0.15) is 63.8 Å². The molecular formula is C30H48N6O4. The number of carbonyl (C=O) groups excluding carboxylic acids is 2. The van der Waals surface area contributed by atoms with Gasteiger partial charge < -0.3 is 24.3 Å². The van der Waals surface area contributed by atoms with Crippen molar-refractivity contribution >= 4 is 22.7 Å². The molecule has 0 radical (unpaired) electrons. The lowest BCUT2D eigenvalue weighted by Crippen LogP contribution is -2.45. The van der Waals surface area contributed by atoms with Crippen LogP contribution in [-0.4, -0.2) is 102 Å². The number of carbonyl (C=O) groups is 2. The number of nitrogens with zero attached hydrogens (tertiary/aromatic N) is 5. The molecule has 0 aromatic carbocycles. The fraction of sp³-hybridized carbons (Fsp3) is 0.700. The maximum Gasteiger partial charge on any atom is 0.224 e. The van der Waals surface area contributed by atoms with Gasteiger partial charge in [-0.2, -0.15) is 0 Å². The third kappa shape index (κ3) is 7.47. The molecule has 0 spiro atoms. The molecule has 0 bridgehead atoms. The summed E-state index contributed by atoms with van der Waals surface area (Å²) in [5.41, 5.74) is 3.58. The smallest absolute Gasteiger partial charge is 0.224 e. The number of likely N-dealkylation sites (tertiary alicyclic amines) is 1. The van der Waals surface area contributed by atoms with Crippen molar-refractivity contribution in [3.05, 3.63) is 29.6 Å². The number of aromatic nitrogens is 2. The summed E-state index contributed by atoms with van der Waals surface area (Å²) in [6, 6.07) is 4.82. The highest BCUT2D eigenvalue weighted by Crippen LogP contribution is 2.37. The first-order valence-electron chi connectivity index (χ1n) is 14.9. The summed E-state index contributed by atoms with van der Waals surface area (Å²) >= 11 is 0. The van der Waals surface area contributed by atoms with E-state index in [1.165, 1.54) is 16.6 Å². The van der Waals surface area contributed by atoms with Crippen molar-refractivity contribution in [1.82, 2.24) is 29.8 Å². The number of pyridine rings is 1. The Bertz CT molecular complexity index is 1130. The van der Waals surface area contributed by atoms with Crippen molar-refractivity contribution in [3.8, 4) is 0 Å². The van der Waals surface area contributed by atoms with Gasteiger partial charge in [0.05, 0.1) is 33.0 Å². The quantitative estimate of drug-likeness (QED) is 0.355. The topological polar surface area (TPSA) is 92.2 Å². The number of hydrazine groups is 1. The van der Waals surface area contributed by atoms with E-state index in [0.717, 1.165) is 44.7 Å². The minimum Gasteiger partial charge on any atom is -0.379 e. The summed E-state index contributed by atoms with van der Waals surface area (Å²) in [6.07, 6.45) is 4.71. The number of ketones is 1. The van der Waals surface area contributed by atoms with Crippen LogP contribution in [-0.2, 0) is 32.2 Å². The van der Waals surface area contributed by atoms with Crippen LogP contribution < -0.4 is 5.32 Å². The highest BCUT2D eigenvalue weighted by Gasteiger charge is 2.31. The molecule has 0 saturated carbocycles. The first-order valence-corrected chi connectivity index (χ1v) is 14.9. The number of aryl methyl sites for hydroxylation is 1. The van der Waals surface area contributed by atoms with Gasteiger partial charge in [-0.05, 0) is 31.9 Å². The highest BCUT2D eigenvalue weighted by molar-refractivity contribution is 5.83. The second-order valence-electron chi connectivity index (χ2n) is 11.4. The van der Waals surface area contributed by atoms with E-state index in [1.54, 1.807) is 0 Å². The molecule has 1 atom stereocenters. The van der Waals surface area contributed by atoms with E-state index in [1.807, 2.05) is 31.0 Å². The zero-order chi connectivity index (χ0) is 28.6. The number of hydrogen-bond donors (Lipinski definition) is 1. The van der Waals surface area contributed by atoms with Crippen molar-refractivity contribution < 1.29 is 19.1 Å². The molecule has 0 aliphatic carbocycles. The minimum atomic E-state index is 0.0680. The predicted molar refractivity (Wildman–Crippen MR) is 156 cm³/mol. The Kier molecular flexibility index (Phi) is 11.1. The van der Waals surface area contributed by atoms with E-state index in [0.29, 0.717) is 51.9 Å². The summed E-state index contributed by atoms with van der Waals surface area (Å²) in [5.74, 6) is 0.523. The Balaban J connectivity index is 1.15. The van der Waals surface area contributed by atoms with Crippen LogP contribution in [0.25, 0.3) is 11.0 Å². The first kappa shape index (κ1) is 30.6. The van der Waals surface area contributed by atoms with E-state index in [-0.39, 0.29) is 23.7 Å². The highest BCUT2D eigenvalue weighted by atomic mass is 16.5. The average molecular weight is 557 g/mol. The van der Waals surface area contributed by atoms with Gasteiger partial charge in [0.25, 0.3) is 0 Å². The van der Waals surface area contributed by atoms with Gasteiger partial charge in [0.1, 0.15) is 11.4 Å². The van der Waals surface area contributed by atoms with E-state index in [2.05, 4.69) is 47.0 Å². The number of nitrogens with one attached hydrogen (secondary N) is 1. The molecule has 2 aromatic heterocycles. The number of ether oxygens (including phenoxy) is 2. The number of fused-ring (bicyclic) bond motifs is 3. The zero-order valence-corrected chi connectivity index (χ0v) is 25.0. The van der Waals surface area contributed by atoms with Crippen molar-refractivity contribution in [1.29, 1.82) is 0 Å². The van der Waals surface area contributed by atoms with Gasteiger partial charge in [0.15, 0.2) is 0 Å². The van der Waals surface area contributed by atoms with Crippen LogP contribution in [0.3, 0.4) is 0 Å². The summed E-state index contributed by atoms with van der Waals surface area (Å²) in [6.45, 7) is 12.0.